The Morgan fingerprint density at radius 3 is 2.41 bits per heavy atom. The lowest BCUT2D eigenvalue weighted by Gasteiger charge is -2.15. The van der Waals surface area contributed by atoms with E-state index in [0.717, 1.165) is 33.4 Å². The predicted molar refractivity (Wildman–Crippen MR) is 156 cm³/mol. The quantitative estimate of drug-likeness (QED) is 0.266. The van der Waals surface area contributed by atoms with Crippen molar-refractivity contribution >= 4 is 63.8 Å². The van der Waals surface area contributed by atoms with Crippen molar-refractivity contribution in [2.45, 2.75) is 27.4 Å². The molecule has 202 valence electrons. The number of anilines is 1. The predicted octanol–water partition coefficient (Wildman–Crippen LogP) is 7.26. The first-order chi connectivity index (χ1) is 18.7. The van der Waals surface area contributed by atoms with Gasteiger partial charge in [0.15, 0.2) is 11.5 Å². The van der Waals surface area contributed by atoms with Gasteiger partial charge in [-0.3, -0.25) is 19.3 Å². The van der Waals surface area contributed by atoms with Gasteiger partial charge in [0.25, 0.3) is 11.1 Å². The second kappa shape index (κ2) is 12.6. The maximum absolute atomic E-state index is 13.0. The Morgan fingerprint density at radius 2 is 1.72 bits per heavy atom. The topological polar surface area (TPSA) is 84.9 Å². The monoisotopic (exact) mass is 584 g/mol. The molecule has 1 saturated heterocycles. The number of rotatable bonds is 9. The number of amides is 3. The summed E-state index contributed by atoms with van der Waals surface area (Å²) in [4.78, 5) is 39.4. The van der Waals surface area contributed by atoms with Crippen molar-refractivity contribution < 1.29 is 23.9 Å². The zero-order chi connectivity index (χ0) is 28.1. The smallest absolute Gasteiger partial charge is 0.294 e. The lowest BCUT2D eigenvalue weighted by Crippen LogP contribution is -2.36. The Balaban J connectivity index is 1.46. The molecule has 4 rings (SSSR count). The highest BCUT2D eigenvalue weighted by Crippen LogP contribution is 2.35. The molecule has 3 aromatic rings. The van der Waals surface area contributed by atoms with Crippen LogP contribution < -0.4 is 14.8 Å². The first-order valence-corrected chi connectivity index (χ1v) is 13.7. The molecule has 39 heavy (non-hydrogen) atoms. The molecule has 0 spiro atoms. The Kier molecular flexibility index (Phi) is 9.22. The molecule has 0 aromatic heterocycles. The number of para-hydroxylation sites is 1. The van der Waals surface area contributed by atoms with Crippen molar-refractivity contribution in [2.75, 3.05) is 18.5 Å². The lowest BCUT2D eigenvalue weighted by molar-refractivity contribution is -0.127. The largest absolute Gasteiger partial charge is 0.490 e. The summed E-state index contributed by atoms with van der Waals surface area (Å²) < 4.78 is 11.7. The maximum atomic E-state index is 13.0. The standard InChI is InChI=1S/C29H26Cl2N2O5S/c1-4-37-24-13-19(9-11-23(24)38-16-20-8-10-21(30)22(31)12-20)14-25-28(35)33(29(36)39-25)15-26(34)32-27-17(2)6-5-7-18(27)3/h5-14H,4,15-16H2,1-3H3,(H,32,34)/b25-14+. The first-order valence-electron chi connectivity index (χ1n) is 12.1. The van der Waals surface area contributed by atoms with E-state index in [9.17, 15) is 14.4 Å². The average molecular weight is 586 g/mol. The van der Waals surface area contributed by atoms with Crippen LogP contribution in [0.15, 0.2) is 59.5 Å². The van der Waals surface area contributed by atoms with Gasteiger partial charge in [0.1, 0.15) is 13.2 Å². The number of halogens is 2. The third-order valence-electron chi connectivity index (χ3n) is 5.86. The van der Waals surface area contributed by atoms with Crippen LogP contribution >= 0.6 is 35.0 Å². The number of hydrogen-bond donors (Lipinski definition) is 1. The van der Waals surface area contributed by atoms with Crippen molar-refractivity contribution in [1.29, 1.82) is 0 Å². The summed E-state index contributed by atoms with van der Waals surface area (Å²) in [5.74, 6) is 0.0208. The van der Waals surface area contributed by atoms with E-state index in [1.54, 1.807) is 36.4 Å². The number of nitrogens with one attached hydrogen (secondary N) is 1. The fourth-order valence-electron chi connectivity index (χ4n) is 3.91. The lowest BCUT2D eigenvalue weighted by atomic mass is 10.1. The maximum Gasteiger partial charge on any atom is 0.294 e. The van der Waals surface area contributed by atoms with Crippen molar-refractivity contribution in [3.8, 4) is 11.5 Å². The number of thioether (sulfide) groups is 1. The van der Waals surface area contributed by atoms with Gasteiger partial charge in [-0.15, -0.1) is 0 Å². The second-order valence-corrected chi connectivity index (χ2v) is 10.6. The van der Waals surface area contributed by atoms with Crippen molar-refractivity contribution in [2.24, 2.45) is 0 Å². The fraction of sp³-hybridized carbons (Fsp3) is 0.207. The number of aryl methyl sites for hydroxylation is 2. The van der Waals surface area contributed by atoms with E-state index in [0.29, 0.717) is 39.4 Å². The molecule has 1 heterocycles. The Bertz CT molecular complexity index is 1450. The molecule has 0 aliphatic carbocycles. The molecule has 0 atom stereocenters. The fourth-order valence-corrected chi connectivity index (χ4v) is 5.07. The minimum Gasteiger partial charge on any atom is -0.490 e. The molecule has 1 N–H and O–H groups in total. The second-order valence-electron chi connectivity index (χ2n) is 8.76. The summed E-state index contributed by atoms with van der Waals surface area (Å²) in [6, 6.07) is 16.1. The zero-order valence-electron chi connectivity index (χ0n) is 21.5. The van der Waals surface area contributed by atoms with E-state index in [-0.39, 0.29) is 18.1 Å². The molecular weight excluding hydrogens is 559 g/mol. The van der Waals surface area contributed by atoms with Gasteiger partial charge < -0.3 is 14.8 Å². The number of benzene rings is 3. The minimum atomic E-state index is -0.528. The summed E-state index contributed by atoms with van der Waals surface area (Å²) in [5, 5.41) is 3.21. The molecule has 3 aromatic carbocycles. The van der Waals surface area contributed by atoms with Crippen LogP contribution in [0.5, 0.6) is 11.5 Å². The number of imide groups is 1. The molecular formula is C29H26Cl2N2O5S. The van der Waals surface area contributed by atoms with Crippen molar-refractivity contribution in [1.82, 2.24) is 4.90 Å². The van der Waals surface area contributed by atoms with E-state index in [2.05, 4.69) is 5.32 Å². The SMILES string of the molecule is CCOc1cc(/C=C2/SC(=O)N(CC(=O)Nc3c(C)cccc3C)C2=O)ccc1OCc1ccc(Cl)c(Cl)c1. The van der Waals surface area contributed by atoms with E-state index in [1.807, 2.05) is 45.0 Å². The molecule has 1 fully saturated rings. The molecule has 0 bridgehead atoms. The van der Waals surface area contributed by atoms with Crippen LogP contribution in [0.3, 0.4) is 0 Å². The van der Waals surface area contributed by atoms with Gasteiger partial charge in [-0.2, -0.15) is 0 Å². The Morgan fingerprint density at radius 1 is 0.974 bits per heavy atom. The number of ether oxygens (including phenoxy) is 2. The minimum absolute atomic E-state index is 0.215. The average Bonchev–Trinajstić information content (AvgIpc) is 3.15. The van der Waals surface area contributed by atoms with Crippen LogP contribution in [-0.2, 0) is 16.2 Å². The van der Waals surface area contributed by atoms with Crippen molar-refractivity contribution in [3.05, 3.63) is 91.8 Å². The summed E-state index contributed by atoms with van der Waals surface area (Å²) in [6.07, 6.45) is 1.60. The number of carbonyl (C=O) groups is 3. The zero-order valence-corrected chi connectivity index (χ0v) is 23.9. The van der Waals surface area contributed by atoms with E-state index >= 15 is 0 Å². The van der Waals surface area contributed by atoms with E-state index in [1.165, 1.54) is 0 Å². The third-order valence-corrected chi connectivity index (χ3v) is 7.51. The van der Waals surface area contributed by atoms with Crippen LogP contribution in [0.25, 0.3) is 6.08 Å². The van der Waals surface area contributed by atoms with Crippen molar-refractivity contribution in [3.63, 3.8) is 0 Å². The normalized spacial score (nSPS) is 14.2. The highest BCUT2D eigenvalue weighted by Gasteiger charge is 2.36. The highest BCUT2D eigenvalue weighted by atomic mass is 35.5. The molecule has 10 heteroatoms. The van der Waals surface area contributed by atoms with Crippen LogP contribution in [0.1, 0.15) is 29.2 Å². The number of hydrogen-bond acceptors (Lipinski definition) is 6. The molecule has 0 unspecified atom stereocenters. The van der Waals surface area contributed by atoms with Gasteiger partial charge in [0.2, 0.25) is 5.91 Å². The molecule has 0 radical (unpaired) electrons. The Hall–Kier alpha value is -3.46. The third kappa shape index (κ3) is 6.95. The number of carbonyl (C=O) groups excluding carboxylic acids is 3. The van der Waals surface area contributed by atoms with Gasteiger partial charge in [0, 0.05) is 5.69 Å². The van der Waals surface area contributed by atoms with Gasteiger partial charge in [-0.05, 0) is 85.1 Å². The molecule has 3 amide bonds. The van der Waals surface area contributed by atoms with Gasteiger partial charge >= 0.3 is 0 Å². The number of nitrogens with zero attached hydrogens (tertiary/aromatic N) is 1. The van der Waals surface area contributed by atoms with Gasteiger partial charge in [0.05, 0.1) is 21.6 Å². The van der Waals surface area contributed by atoms with Gasteiger partial charge in [-0.1, -0.05) is 53.5 Å². The van der Waals surface area contributed by atoms with Gasteiger partial charge in [-0.25, -0.2) is 0 Å². The highest BCUT2D eigenvalue weighted by molar-refractivity contribution is 8.18. The van der Waals surface area contributed by atoms with Crippen LogP contribution in [-0.4, -0.2) is 35.1 Å². The summed E-state index contributed by atoms with van der Waals surface area (Å²) in [5.41, 5.74) is 3.95. The van der Waals surface area contributed by atoms with Crippen LogP contribution in [0.2, 0.25) is 10.0 Å². The summed E-state index contributed by atoms with van der Waals surface area (Å²) >= 11 is 12.9. The molecule has 7 nitrogen and oxygen atoms in total. The summed E-state index contributed by atoms with van der Waals surface area (Å²) in [7, 11) is 0. The summed E-state index contributed by atoms with van der Waals surface area (Å²) in [6.45, 7) is 5.89. The van der Waals surface area contributed by atoms with Crippen LogP contribution in [0, 0.1) is 13.8 Å². The molecule has 1 aliphatic rings. The molecule has 1 aliphatic heterocycles. The van der Waals surface area contributed by atoms with E-state index in [4.69, 9.17) is 32.7 Å². The molecule has 0 saturated carbocycles. The van der Waals surface area contributed by atoms with Crippen LogP contribution in [0.4, 0.5) is 10.5 Å². The van der Waals surface area contributed by atoms with E-state index < -0.39 is 17.1 Å². The Labute approximate surface area is 241 Å². The first kappa shape index (κ1) is 28.5.